The molecule has 2 saturated carbocycles. The molecule has 2 heterocycles. The fraction of sp³-hybridized carbons (Fsp3) is 0.500. The molecule has 3 atom stereocenters. The topological polar surface area (TPSA) is 99.0 Å². The molecule has 0 spiro atoms. The number of hydrogen-bond donors (Lipinski definition) is 1. The number of benzene rings is 1. The van der Waals surface area contributed by atoms with Crippen LogP contribution < -0.4 is 9.46 Å². The monoisotopic (exact) mass is 495 g/mol. The molecule has 2 fully saturated rings. The summed E-state index contributed by atoms with van der Waals surface area (Å²) in [5.74, 6) is 1.66. The van der Waals surface area contributed by atoms with Crippen molar-refractivity contribution in [1.82, 2.24) is 19.7 Å². The first-order valence-corrected chi connectivity index (χ1v) is 13.9. The molecular weight excluding hydrogens is 462 g/mol. The number of nitrogens with one attached hydrogen (secondary N) is 1. The van der Waals surface area contributed by atoms with Crippen LogP contribution in [0.5, 0.6) is 5.88 Å². The molecule has 0 aliphatic heterocycles. The van der Waals surface area contributed by atoms with Gasteiger partial charge in [0, 0.05) is 24.9 Å². The normalized spacial score (nSPS) is 22.4. The van der Waals surface area contributed by atoms with Crippen LogP contribution in [-0.4, -0.2) is 34.3 Å². The van der Waals surface area contributed by atoms with Crippen molar-refractivity contribution in [2.24, 2.45) is 18.9 Å². The molecule has 1 unspecified atom stereocenters. The van der Waals surface area contributed by atoms with Gasteiger partial charge in [-0.1, -0.05) is 37.5 Å². The number of hydrogen-bond acceptors (Lipinski definition) is 6. The molecule has 0 bridgehead atoms. The van der Waals surface area contributed by atoms with Crippen molar-refractivity contribution < 1.29 is 13.2 Å². The fourth-order valence-corrected chi connectivity index (χ4v) is 6.70. The first-order chi connectivity index (χ1) is 16.8. The number of ether oxygens (including phenoxy) is 1. The van der Waals surface area contributed by atoms with Crippen molar-refractivity contribution in [2.75, 3.05) is 4.72 Å². The number of nitrogens with zero attached hydrogens (tertiary/aromatic N) is 4. The van der Waals surface area contributed by atoms with Gasteiger partial charge in [-0.25, -0.2) is 18.1 Å². The molecule has 35 heavy (non-hydrogen) atoms. The summed E-state index contributed by atoms with van der Waals surface area (Å²) in [5.41, 5.74) is 3.72. The highest BCUT2D eigenvalue weighted by atomic mass is 32.2. The van der Waals surface area contributed by atoms with E-state index in [9.17, 15) is 8.42 Å². The van der Waals surface area contributed by atoms with E-state index in [1.165, 1.54) is 49.2 Å². The molecule has 9 heteroatoms. The molecule has 0 saturated heterocycles. The Labute approximate surface area is 207 Å². The van der Waals surface area contributed by atoms with Gasteiger partial charge in [0.1, 0.15) is 11.0 Å². The Morgan fingerprint density at radius 3 is 2.51 bits per heavy atom. The van der Waals surface area contributed by atoms with Gasteiger partial charge in [-0.15, -0.1) is 0 Å². The second kappa shape index (κ2) is 9.60. The number of sulfonamides is 1. The van der Waals surface area contributed by atoms with Crippen molar-refractivity contribution in [3.63, 3.8) is 0 Å². The van der Waals surface area contributed by atoms with Crippen LogP contribution in [0.1, 0.15) is 56.1 Å². The molecule has 2 aliphatic carbocycles. The molecule has 3 aromatic rings. The molecule has 5 rings (SSSR count). The summed E-state index contributed by atoms with van der Waals surface area (Å²) in [4.78, 5) is 9.18. The van der Waals surface area contributed by atoms with Gasteiger partial charge < -0.3 is 4.74 Å². The quantitative estimate of drug-likeness (QED) is 0.515. The Bertz CT molecular complexity index is 1300. The third kappa shape index (κ3) is 5.05. The lowest BCUT2D eigenvalue weighted by Crippen LogP contribution is -2.38. The molecule has 1 aromatic carbocycles. The van der Waals surface area contributed by atoms with Crippen LogP contribution in [0.25, 0.3) is 11.3 Å². The second-order valence-electron chi connectivity index (χ2n) is 9.93. The highest BCUT2D eigenvalue weighted by Gasteiger charge is 2.36. The Morgan fingerprint density at radius 2 is 1.77 bits per heavy atom. The van der Waals surface area contributed by atoms with Crippen molar-refractivity contribution in [3.8, 4) is 17.1 Å². The number of fused-ring (bicyclic) bond motifs is 1. The van der Waals surface area contributed by atoms with E-state index in [4.69, 9.17) is 4.74 Å². The Balaban J connectivity index is 1.52. The van der Waals surface area contributed by atoms with Crippen molar-refractivity contribution in [3.05, 3.63) is 47.8 Å². The van der Waals surface area contributed by atoms with Crippen LogP contribution >= 0.6 is 0 Å². The van der Waals surface area contributed by atoms with E-state index in [0.29, 0.717) is 23.4 Å². The highest BCUT2D eigenvalue weighted by molar-refractivity contribution is 7.92. The Kier molecular flexibility index (Phi) is 6.53. The summed E-state index contributed by atoms with van der Waals surface area (Å²) in [6.07, 6.45) is 11.3. The van der Waals surface area contributed by atoms with E-state index in [1.807, 2.05) is 38.1 Å². The molecule has 186 valence electrons. The van der Waals surface area contributed by atoms with Gasteiger partial charge in [0.25, 0.3) is 10.0 Å². The first kappa shape index (κ1) is 23.8. The van der Waals surface area contributed by atoms with Crippen LogP contribution in [0, 0.1) is 25.7 Å². The van der Waals surface area contributed by atoms with Crippen molar-refractivity contribution >= 4 is 16.0 Å². The molecule has 1 N–H and O–H groups in total. The predicted octanol–water partition coefficient (Wildman–Crippen LogP) is 5.03. The Hall–Kier alpha value is -2.94. The zero-order valence-corrected chi connectivity index (χ0v) is 21.4. The zero-order valence-electron chi connectivity index (χ0n) is 20.6. The number of aromatic nitrogens is 4. The maximum absolute atomic E-state index is 13.0. The largest absolute Gasteiger partial charge is 0.474 e. The number of rotatable bonds is 6. The summed E-state index contributed by atoms with van der Waals surface area (Å²) in [5, 5.41) is 3.98. The number of anilines is 1. The summed E-state index contributed by atoms with van der Waals surface area (Å²) < 4.78 is 36.5. The average Bonchev–Trinajstić information content (AvgIpc) is 3.26. The first-order valence-electron chi connectivity index (χ1n) is 12.4. The van der Waals surface area contributed by atoms with Crippen molar-refractivity contribution in [2.45, 2.75) is 69.8 Å². The maximum Gasteiger partial charge on any atom is 0.267 e. The van der Waals surface area contributed by atoms with E-state index < -0.39 is 10.0 Å². The summed E-state index contributed by atoms with van der Waals surface area (Å²) >= 11 is 0. The van der Waals surface area contributed by atoms with Gasteiger partial charge in [-0.05, 0) is 62.5 Å². The molecule has 8 nitrogen and oxygen atoms in total. The minimum Gasteiger partial charge on any atom is -0.474 e. The summed E-state index contributed by atoms with van der Waals surface area (Å²) in [7, 11) is -2.22. The fourth-order valence-electron chi connectivity index (χ4n) is 5.78. The lowest BCUT2D eigenvalue weighted by Gasteiger charge is -2.40. The van der Waals surface area contributed by atoms with E-state index in [1.54, 1.807) is 7.05 Å². The van der Waals surface area contributed by atoms with Gasteiger partial charge in [0.05, 0.1) is 11.9 Å². The molecule has 0 amide bonds. The lowest BCUT2D eigenvalue weighted by molar-refractivity contribution is 0.0250. The van der Waals surface area contributed by atoms with Crippen LogP contribution in [0.4, 0.5) is 5.95 Å². The highest BCUT2D eigenvalue weighted by Crippen LogP contribution is 2.42. The van der Waals surface area contributed by atoms with E-state index in [-0.39, 0.29) is 16.9 Å². The average molecular weight is 496 g/mol. The lowest BCUT2D eigenvalue weighted by atomic mass is 9.69. The van der Waals surface area contributed by atoms with Crippen LogP contribution in [0.3, 0.4) is 0 Å². The third-order valence-corrected chi connectivity index (χ3v) is 8.72. The predicted molar refractivity (Wildman–Crippen MR) is 135 cm³/mol. The molecule has 0 radical (unpaired) electrons. The SMILES string of the molecule is Cc1cccc(C)c1-c1cc(OC2CCC[C@H]3CCCC[C@@H]23)nc(NS(=O)(=O)c2cnn(C)c2)n1. The Morgan fingerprint density at radius 1 is 1.03 bits per heavy atom. The number of aryl methyl sites for hydroxylation is 3. The molecule has 2 aromatic heterocycles. The van der Waals surface area contributed by atoms with Gasteiger partial charge in [-0.2, -0.15) is 10.1 Å². The van der Waals surface area contributed by atoms with Gasteiger partial charge in [0.15, 0.2) is 0 Å². The third-order valence-electron chi connectivity index (χ3n) is 7.44. The van der Waals surface area contributed by atoms with E-state index in [0.717, 1.165) is 29.5 Å². The summed E-state index contributed by atoms with van der Waals surface area (Å²) in [6, 6.07) is 7.91. The van der Waals surface area contributed by atoms with Crippen LogP contribution in [-0.2, 0) is 17.1 Å². The molecule has 2 aliphatic rings. The van der Waals surface area contributed by atoms with Gasteiger partial charge in [0.2, 0.25) is 11.8 Å². The van der Waals surface area contributed by atoms with E-state index in [2.05, 4.69) is 19.8 Å². The minimum atomic E-state index is -3.89. The van der Waals surface area contributed by atoms with Gasteiger partial charge >= 0.3 is 0 Å². The summed E-state index contributed by atoms with van der Waals surface area (Å²) in [6.45, 7) is 4.05. The van der Waals surface area contributed by atoms with E-state index >= 15 is 0 Å². The standard InChI is InChI=1S/C26H33N5O3S/c1-17-8-6-9-18(2)25(17)22-14-24(34-23-13-7-11-19-10-4-5-12-21(19)23)29-26(28-22)30-35(32,33)20-15-27-31(3)16-20/h6,8-9,14-16,19,21,23H,4-5,7,10-13H2,1-3H3,(H,28,29,30)/t19-,21-,23?/m1/s1. The van der Waals surface area contributed by atoms with Crippen molar-refractivity contribution in [1.29, 1.82) is 0 Å². The minimum absolute atomic E-state index is 0.00000900. The van der Waals surface area contributed by atoms with Gasteiger partial charge in [-0.3, -0.25) is 4.68 Å². The maximum atomic E-state index is 13.0. The smallest absolute Gasteiger partial charge is 0.267 e. The van der Waals surface area contributed by atoms with Crippen LogP contribution in [0.15, 0.2) is 41.6 Å². The molecular formula is C26H33N5O3S. The van der Waals surface area contributed by atoms with Crippen LogP contribution in [0.2, 0.25) is 0 Å². The zero-order chi connectivity index (χ0) is 24.6. The second-order valence-corrected chi connectivity index (χ2v) is 11.6.